The molecule has 5 N–H and O–H groups in total. The third-order valence-corrected chi connectivity index (χ3v) is 6.45. The van der Waals surface area contributed by atoms with Crippen LogP contribution in [0.5, 0.6) is 0 Å². The molecule has 4 rings (SSSR count). The molecule has 0 atom stereocenters. The fourth-order valence-electron chi connectivity index (χ4n) is 3.49. The number of nitrogens with one attached hydrogen (secondary N) is 2. The number of carboxylic acid groups (broad SMARTS) is 1. The number of fused-ring (bicyclic) bond motifs is 1. The molecule has 0 aliphatic heterocycles. The van der Waals surface area contributed by atoms with Crippen molar-refractivity contribution in [2.75, 3.05) is 4.72 Å². The van der Waals surface area contributed by atoms with Gasteiger partial charge in [0, 0.05) is 12.0 Å². The van der Waals surface area contributed by atoms with E-state index in [1.807, 2.05) is 0 Å². The average Bonchev–Trinajstić information content (AvgIpc) is 3.10. The van der Waals surface area contributed by atoms with Gasteiger partial charge in [0.25, 0.3) is 10.0 Å². The number of nitrogen functional groups attached to an aromatic ring is 1. The third-order valence-electron chi connectivity index (χ3n) is 5.05. The number of rotatable bonds is 8. The molecule has 0 aliphatic carbocycles. The highest BCUT2D eigenvalue weighted by Crippen LogP contribution is 2.24. The van der Waals surface area contributed by atoms with Crippen LogP contribution >= 0.6 is 0 Å². The molecule has 0 spiro atoms. The zero-order valence-electron chi connectivity index (χ0n) is 17.4. The smallest absolute Gasteiger partial charge is 0.323 e. The lowest BCUT2D eigenvalue weighted by Gasteiger charge is -2.09. The molecular weight excluding hydrogens is 442 g/mol. The molecule has 3 aromatic carbocycles. The van der Waals surface area contributed by atoms with Crippen LogP contribution in [0.25, 0.3) is 11.0 Å². The first-order valence-corrected chi connectivity index (χ1v) is 11.4. The number of nitrogens with two attached hydrogens (primary N) is 1. The normalized spacial score (nSPS) is 11.4. The summed E-state index contributed by atoms with van der Waals surface area (Å²) in [6, 6.07) is 19.9. The Kier molecular flexibility index (Phi) is 5.84. The Morgan fingerprint density at radius 1 is 1.06 bits per heavy atom. The predicted molar refractivity (Wildman–Crippen MR) is 125 cm³/mol. The summed E-state index contributed by atoms with van der Waals surface area (Å²) in [5.74, 6) is -0.535. The van der Waals surface area contributed by atoms with Crippen LogP contribution in [-0.2, 0) is 27.8 Å². The summed E-state index contributed by atoms with van der Waals surface area (Å²) in [6.07, 6.45) is 0.352. The van der Waals surface area contributed by atoms with Crippen LogP contribution in [0.1, 0.15) is 17.0 Å². The number of anilines is 1. The minimum atomic E-state index is -3.77. The van der Waals surface area contributed by atoms with E-state index in [2.05, 4.69) is 9.71 Å². The quantitative estimate of drug-likeness (QED) is 0.233. The van der Waals surface area contributed by atoms with Gasteiger partial charge >= 0.3 is 5.97 Å². The van der Waals surface area contributed by atoms with E-state index in [1.165, 1.54) is 12.1 Å². The Labute approximate surface area is 190 Å². The molecule has 0 fully saturated rings. The number of imidazole rings is 1. The van der Waals surface area contributed by atoms with Crippen molar-refractivity contribution in [3.63, 3.8) is 0 Å². The van der Waals surface area contributed by atoms with E-state index < -0.39 is 16.0 Å². The van der Waals surface area contributed by atoms with Crippen molar-refractivity contribution in [2.24, 2.45) is 5.73 Å². The Morgan fingerprint density at radius 2 is 1.76 bits per heavy atom. The summed E-state index contributed by atoms with van der Waals surface area (Å²) in [7, 11) is -3.77. The Balaban J connectivity index is 1.68. The predicted octanol–water partition coefficient (Wildman–Crippen LogP) is 2.80. The molecule has 10 heteroatoms. The van der Waals surface area contributed by atoms with Crippen LogP contribution in [0.15, 0.2) is 77.7 Å². The molecule has 0 amide bonds. The number of aliphatic carboxylic acids is 1. The number of carbonyl (C=O) groups is 1. The maximum atomic E-state index is 12.6. The summed E-state index contributed by atoms with van der Waals surface area (Å²) in [5.41, 5.74) is 8.33. The van der Waals surface area contributed by atoms with Gasteiger partial charge in [-0.25, -0.2) is 13.4 Å². The number of aromatic nitrogens is 2. The second-order valence-corrected chi connectivity index (χ2v) is 9.10. The first-order valence-electron chi connectivity index (χ1n) is 9.95. The lowest BCUT2D eigenvalue weighted by Crippen LogP contribution is -2.13. The van der Waals surface area contributed by atoms with Crippen molar-refractivity contribution in [1.82, 2.24) is 9.55 Å². The Morgan fingerprint density at radius 3 is 2.39 bits per heavy atom. The zero-order chi connectivity index (χ0) is 23.6. The molecule has 0 aliphatic rings. The average molecular weight is 464 g/mol. The van der Waals surface area contributed by atoms with Gasteiger partial charge in [-0.1, -0.05) is 42.5 Å². The highest BCUT2D eigenvalue weighted by Gasteiger charge is 2.17. The van der Waals surface area contributed by atoms with Crippen LogP contribution in [0, 0.1) is 5.41 Å². The Hall–Kier alpha value is -4.18. The molecule has 9 nitrogen and oxygen atoms in total. The van der Waals surface area contributed by atoms with Crippen LogP contribution < -0.4 is 10.5 Å². The minimum absolute atomic E-state index is 0.0369. The maximum absolute atomic E-state index is 12.6. The number of hydrogen-bond acceptors (Lipinski definition) is 5. The topological polar surface area (TPSA) is 151 Å². The first-order chi connectivity index (χ1) is 15.7. The molecule has 0 saturated carbocycles. The van der Waals surface area contributed by atoms with Crippen molar-refractivity contribution in [1.29, 1.82) is 5.41 Å². The van der Waals surface area contributed by atoms with Gasteiger partial charge in [-0.15, -0.1) is 0 Å². The van der Waals surface area contributed by atoms with Crippen LogP contribution in [0.2, 0.25) is 0 Å². The van der Waals surface area contributed by atoms with Gasteiger partial charge < -0.3 is 15.4 Å². The summed E-state index contributed by atoms with van der Waals surface area (Å²) in [6.45, 7) is -0.285. The van der Waals surface area contributed by atoms with Gasteiger partial charge in [0.15, 0.2) is 0 Å². The number of amidine groups is 1. The molecule has 1 aromatic heterocycles. The lowest BCUT2D eigenvalue weighted by atomic mass is 10.1. The molecule has 0 bridgehead atoms. The Bertz CT molecular complexity index is 1450. The second kappa shape index (κ2) is 8.75. The molecule has 1 heterocycles. The number of nitrogens with zero attached hydrogens (tertiary/aromatic N) is 2. The molecule has 168 valence electrons. The SMILES string of the molecule is N=C(N)c1ccc(Cc2nc3cc(NS(=O)(=O)c4ccccc4)ccc3n2CC(=O)O)cc1. The van der Waals surface area contributed by atoms with E-state index in [4.69, 9.17) is 11.1 Å². The van der Waals surface area contributed by atoms with Crippen molar-refractivity contribution in [3.8, 4) is 0 Å². The standard InChI is InChI=1S/C23H21N5O4S/c24-23(25)16-8-6-15(7-9-16)12-21-26-19-13-17(10-11-20(19)28(21)14-22(29)30)27-33(31,32)18-4-2-1-3-5-18/h1-11,13,27H,12,14H2,(H3,24,25)(H,29,30). The van der Waals surface area contributed by atoms with Crippen LogP contribution in [0.4, 0.5) is 5.69 Å². The monoisotopic (exact) mass is 463 g/mol. The van der Waals surface area contributed by atoms with Crippen LogP contribution in [-0.4, -0.2) is 34.9 Å². The molecule has 4 aromatic rings. The summed E-state index contributed by atoms with van der Waals surface area (Å²) in [5, 5.41) is 16.9. The summed E-state index contributed by atoms with van der Waals surface area (Å²) >= 11 is 0. The fraction of sp³-hybridized carbons (Fsp3) is 0.0870. The van der Waals surface area contributed by atoms with Crippen LogP contribution in [0.3, 0.4) is 0 Å². The number of carboxylic acids is 1. The van der Waals surface area contributed by atoms with E-state index in [-0.39, 0.29) is 17.3 Å². The maximum Gasteiger partial charge on any atom is 0.323 e. The largest absolute Gasteiger partial charge is 0.480 e. The number of benzene rings is 3. The van der Waals surface area contributed by atoms with Gasteiger partial charge in [0.05, 0.1) is 21.6 Å². The van der Waals surface area contributed by atoms with Crippen molar-refractivity contribution in [2.45, 2.75) is 17.9 Å². The van der Waals surface area contributed by atoms with E-state index in [0.717, 1.165) is 5.56 Å². The molecule has 0 saturated heterocycles. The van der Waals surface area contributed by atoms with Gasteiger partial charge in [0.2, 0.25) is 0 Å². The summed E-state index contributed by atoms with van der Waals surface area (Å²) < 4.78 is 29.4. The molecule has 0 unspecified atom stereocenters. The van der Waals surface area contributed by atoms with E-state index >= 15 is 0 Å². The van der Waals surface area contributed by atoms with Crippen molar-refractivity contribution in [3.05, 3.63) is 89.7 Å². The molecule has 0 radical (unpaired) electrons. The van der Waals surface area contributed by atoms with Gasteiger partial charge in [-0.2, -0.15) is 0 Å². The van der Waals surface area contributed by atoms with E-state index in [9.17, 15) is 18.3 Å². The zero-order valence-corrected chi connectivity index (χ0v) is 18.2. The second-order valence-electron chi connectivity index (χ2n) is 7.42. The van der Waals surface area contributed by atoms with Gasteiger partial charge in [-0.05, 0) is 35.9 Å². The highest BCUT2D eigenvalue weighted by atomic mass is 32.2. The number of hydrogen-bond donors (Lipinski definition) is 4. The lowest BCUT2D eigenvalue weighted by molar-refractivity contribution is -0.137. The van der Waals surface area contributed by atoms with Crippen molar-refractivity contribution >= 4 is 38.5 Å². The third kappa shape index (κ3) is 4.85. The molecule has 33 heavy (non-hydrogen) atoms. The van der Waals surface area contributed by atoms with E-state index in [0.29, 0.717) is 34.5 Å². The molecular formula is C23H21N5O4S. The summed E-state index contributed by atoms with van der Waals surface area (Å²) in [4.78, 5) is 16.2. The fourth-order valence-corrected chi connectivity index (χ4v) is 4.56. The van der Waals surface area contributed by atoms with Crippen molar-refractivity contribution < 1.29 is 18.3 Å². The first kappa shape index (κ1) is 22.0. The minimum Gasteiger partial charge on any atom is -0.480 e. The highest BCUT2D eigenvalue weighted by molar-refractivity contribution is 7.92. The van der Waals surface area contributed by atoms with E-state index in [1.54, 1.807) is 65.2 Å². The van der Waals surface area contributed by atoms with Gasteiger partial charge in [0.1, 0.15) is 18.2 Å². The van der Waals surface area contributed by atoms with Gasteiger partial charge in [-0.3, -0.25) is 14.9 Å². The number of sulfonamides is 1.